The van der Waals surface area contributed by atoms with Gasteiger partial charge >= 0.3 is 0 Å². The summed E-state index contributed by atoms with van der Waals surface area (Å²) in [5, 5.41) is 13.7. The van der Waals surface area contributed by atoms with Crippen LogP contribution in [0.1, 0.15) is 29.0 Å². The molecule has 1 aromatic heterocycles. The zero-order chi connectivity index (χ0) is 22.8. The van der Waals surface area contributed by atoms with Gasteiger partial charge in [-0.25, -0.2) is 13.2 Å². The standard InChI is InChI=1S/C21H19F3N6O2/c1-12-26-27-28-30(12)19-11-15(3-5-17(19)23)25-20(31)13-6-8-29(9-7-13)21(32)16-4-2-14(22)10-18(16)24/h2-5,10-11,13H,6-9H2,1H3,(H,25,31). The number of piperidine rings is 1. The van der Waals surface area contributed by atoms with E-state index in [-0.39, 0.29) is 36.2 Å². The van der Waals surface area contributed by atoms with E-state index in [1.165, 1.54) is 27.8 Å². The SMILES string of the molecule is Cc1nnnn1-c1cc(NC(=O)C2CCN(C(=O)c3ccc(F)cc3F)CC2)ccc1F. The van der Waals surface area contributed by atoms with Crippen LogP contribution in [0.2, 0.25) is 0 Å². The quantitative estimate of drug-likeness (QED) is 0.668. The van der Waals surface area contributed by atoms with Gasteiger partial charge in [0.05, 0.1) is 5.56 Å². The number of carbonyl (C=O) groups excluding carboxylic acids is 2. The molecule has 3 aromatic rings. The first-order valence-electron chi connectivity index (χ1n) is 9.93. The molecule has 2 aromatic carbocycles. The summed E-state index contributed by atoms with van der Waals surface area (Å²) in [6.45, 7) is 2.13. The number of benzene rings is 2. The van der Waals surface area contributed by atoms with E-state index >= 15 is 0 Å². The minimum Gasteiger partial charge on any atom is -0.339 e. The first kappa shape index (κ1) is 21.5. The summed E-state index contributed by atoms with van der Waals surface area (Å²) in [5.41, 5.74) is 0.284. The number of anilines is 1. The summed E-state index contributed by atoms with van der Waals surface area (Å²) in [6.07, 6.45) is 0.751. The van der Waals surface area contributed by atoms with E-state index in [0.29, 0.717) is 30.4 Å². The third-order valence-electron chi connectivity index (χ3n) is 5.38. The van der Waals surface area contributed by atoms with Crippen LogP contribution in [0.5, 0.6) is 0 Å². The number of likely N-dealkylation sites (tertiary alicyclic amines) is 1. The van der Waals surface area contributed by atoms with Crippen LogP contribution in [-0.4, -0.2) is 50.0 Å². The lowest BCUT2D eigenvalue weighted by molar-refractivity contribution is -0.121. The lowest BCUT2D eigenvalue weighted by Gasteiger charge is -2.31. The maximum absolute atomic E-state index is 14.2. The zero-order valence-corrected chi connectivity index (χ0v) is 17.1. The van der Waals surface area contributed by atoms with E-state index < -0.39 is 23.4 Å². The summed E-state index contributed by atoms with van der Waals surface area (Å²) in [5.74, 6) is -3.01. The van der Waals surface area contributed by atoms with Crippen molar-refractivity contribution in [3.63, 3.8) is 0 Å². The highest BCUT2D eigenvalue weighted by atomic mass is 19.1. The van der Waals surface area contributed by atoms with E-state index in [4.69, 9.17) is 0 Å². The van der Waals surface area contributed by atoms with Crippen LogP contribution < -0.4 is 5.32 Å². The van der Waals surface area contributed by atoms with Gasteiger partial charge in [-0.3, -0.25) is 9.59 Å². The molecule has 0 spiro atoms. The van der Waals surface area contributed by atoms with E-state index in [0.717, 1.165) is 12.1 Å². The van der Waals surface area contributed by atoms with Crippen LogP contribution in [0, 0.1) is 30.3 Å². The van der Waals surface area contributed by atoms with Crippen molar-refractivity contribution in [3.05, 3.63) is 65.2 Å². The number of nitrogens with one attached hydrogen (secondary N) is 1. The molecule has 166 valence electrons. The Labute approximate surface area is 181 Å². The second-order valence-electron chi connectivity index (χ2n) is 7.48. The number of hydrogen-bond acceptors (Lipinski definition) is 5. The Morgan fingerprint density at radius 1 is 1.03 bits per heavy atom. The van der Waals surface area contributed by atoms with Crippen molar-refractivity contribution in [1.82, 2.24) is 25.1 Å². The van der Waals surface area contributed by atoms with Crippen LogP contribution in [0.25, 0.3) is 5.69 Å². The molecule has 1 fully saturated rings. The molecule has 1 aliphatic rings. The van der Waals surface area contributed by atoms with E-state index in [1.54, 1.807) is 6.92 Å². The number of hydrogen-bond donors (Lipinski definition) is 1. The van der Waals surface area contributed by atoms with Crippen molar-refractivity contribution in [2.75, 3.05) is 18.4 Å². The average molecular weight is 444 g/mol. The summed E-state index contributed by atoms with van der Waals surface area (Å²) in [7, 11) is 0. The topological polar surface area (TPSA) is 93.0 Å². The fraction of sp³-hybridized carbons (Fsp3) is 0.286. The molecule has 1 saturated heterocycles. The molecule has 32 heavy (non-hydrogen) atoms. The van der Waals surface area contributed by atoms with Crippen LogP contribution in [-0.2, 0) is 4.79 Å². The number of halogens is 3. The molecule has 1 N–H and O–H groups in total. The Balaban J connectivity index is 1.39. The van der Waals surface area contributed by atoms with Crippen LogP contribution in [0.4, 0.5) is 18.9 Å². The van der Waals surface area contributed by atoms with Gasteiger partial charge in [0.1, 0.15) is 23.1 Å². The third-order valence-corrected chi connectivity index (χ3v) is 5.38. The van der Waals surface area contributed by atoms with Gasteiger partial charge in [-0.05, 0) is 60.5 Å². The van der Waals surface area contributed by atoms with Gasteiger partial charge in [0.15, 0.2) is 5.82 Å². The number of carbonyl (C=O) groups is 2. The van der Waals surface area contributed by atoms with Gasteiger partial charge in [0.25, 0.3) is 5.91 Å². The highest BCUT2D eigenvalue weighted by molar-refractivity contribution is 5.95. The van der Waals surface area contributed by atoms with Crippen LogP contribution in [0.3, 0.4) is 0 Å². The predicted molar refractivity (Wildman–Crippen MR) is 107 cm³/mol. The lowest BCUT2D eigenvalue weighted by Crippen LogP contribution is -2.41. The van der Waals surface area contributed by atoms with Gasteiger partial charge < -0.3 is 10.2 Å². The van der Waals surface area contributed by atoms with Crippen LogP contribution in [0.15, 0.2) is 36.4 Å². The molecule has 0 aliphatic carbocycles. The molecule has 4 rings (SSSR count). The highest BCUT2D eigenvalue weighted by Gasteiger charge is 2.29. The molecule has 0 atom stereocenters. The summed E-state index contributed by atoms with van der Waals surface area (Å²) < 4.78 is 42.4. The van der Waals surface area contributed by atoms with Crippen molar-refractivity contribution in [2.45, 2.75) is 19.8 Å². The van der Waals surface area contributed by atoms with Gasteiger partial charge in [-0.15, -0.1) is 5.10 Å². The normalized spacial score (nSPS) is 14.4. The second-order valence-corrected chi connectivity index (χ2v) is 7.48. The zero-order valence-electron chi connectivity index (χ0n) is 17.1. The van der Waals surface area contributed by atoms with Crippen molar-refractivity contribution in [2.24, 2.45) is 5.92 Å². The predicted octanol–water partition coefficient (Wildman–Crippen LogP) is 2.88. The number of tetrazole rings is 1. The fourth-order valence-corrected chi connectivity index (χ4v) is 3.63. The lowest BCUT2D eigenvalue weighted by atomic mass is 9.95. The highest BCUT2D eigenvalue weighted by Crippen LogP contribution is 2.24. The number of nitrogens with zero attached hydrogens (tertiary/aromatic N) is 5. The van der Waals surface area contributed by atoms with Crippen molar-refractivity contribution in [3.8, 4) is 5.69 Å². The average Bonchev–Trinajstić information content (AvgIpc) is 3.20. The number of aryl methyl sites for hydroxylation is 1. The number of aromatic nitrogens is 4. The molecule has 0 bridgehead atoms. The van der Waals surface area contributed by atoms with E-state index in [9.17, 15) is 22.8 Å². The molecule has 1 aliphatic heterocycles. The largest absolute Gasteiger partial charge is 0.339 e. The monoisotopic (exact) mass is 444 g/mol. The number of rotatable bonds is 4. The number of amides is 2. The van der Waals surface area contributed by atoms with Gasteiger partial charge in [0, 0.05) is 30.8 Å². The Hall–Kier alpha value is -3.76. The van der Waals surface area contributed by atoms with Gasteiger partial charge in [-0.1, -0.05) is 0 Å². The third kappa shape index (κ3) is 4.32. The van der Waals surface area contributed by atoms with Crippen molar-refractivity contribution < 1.29 is 22.8 Å². The van der Waals surface area contributed by atoms with E-state index in [2.05, 4.69) is 20.8 Å². The molecule has 2 heterocycles. The molecular formula is C21H19F3N6O2. The Kier molecular flexibility index (Phi) is 5.89. The molecular weight excluding hydrogens is 425 g/mol. The molecule has 0 radical (unpaired) electrons. The molecule has 0 unspecified atom stereocenters. The maximum atomic E-state index is 14.2. The molecule has 2 amide bonds. The van der Waals surface area contributed by atoms with Crippen molar-refractivity contribution in [1.29, 1.82) is 0 Å². The Morgan fingerprint density at radius 3 is 2.44 bits per heavy atom. The van der Waals surface area contributed by atoms with Crippen LogP contribution >= 0.6 is 0 Å². The molecule has 11 heteroatoms. The molecule has 0 saturated carbocycles. The van der Waals surface area contributed by atoms with Crippen molar-refractivity contribution >= 4 is 17.5 Å². The van der Waals surface area contributed by atoms with E-state index in [1.807, 2.05) is 0 Å². The Morgan fingerprint density at radius 2 is 1.78 bits per heavy atom. The minimum absolute atomic E-state index is 0.104. The fourth-order valence-electron chi connectivity index (χ4n) is 3.63. The summed E-state index contributed by atoms with van der Waals surface area (Å²) in [4.78, 5) is 26.7. The summed E-state index contributed by atoms with van der Waals surface area (Å²) in [6, 6.07) is 6.90. The molecule has 8 nitrogen and oxygen atoms in total. The first-order chi connectivity index (χ1) is 15.3. The smallest absolute Gasteiger partial charge is 0.256 e. The van der Waals surface area contributed by atoms with Gasteiger partial charge in [0.2, 0.25) is 5.91 Å². The minimum atomic E-state index is -0.917. The Bertz CT molecular complexity index is 1170. The second kappa shape index (κ2) is 8.77. The first-order valence-corrected chi connectivity index (χ1v) is 9.93. The van der Waals surface area contributed by atoms with Gasteiger partial charge in [-0.2, -0.15) is 4.68 Å². The summed E-state index contributed by atoms with van der Waals surface area (Å²) >= 11 is 0. The maximum Gasteiger partial charge on any atom is 0.256 e.